The zero-order valence-electron chi connectivity index (χ0n) is 22.9. The normalized spacial score (nSPS) is 13.5. The van der Waals surface area contributed by atoms with Gasteiger partial charge in [-0.2, -0.15) is 0 Å². The highest BCUT2D eigenvalue weighted by Gasteiger charge is 2.25. The van der Waals surface area contributed by atoms with Gasteiger partial charge in [-0.25, -0.2) is 4.79 Å². The Bertz CT molecular complexity index is 913. The third-order valence-corrected chi connectivity index (χ3v) is 5.34. The van der Waals surface area contributed by atoms with E-state index in [1.165, 1.54) is 12.1 Å². The number of nitrogens with two attached hydrogens (primary N) is 1. The van der Waals surface area contributed by atoms with Crippen LogP contribution >= 0.6 is 0 Å². The molecule has 208 valence electrons. The lowest BCUT2D eigenvalue weighted by molar-refractivity contribution is -0.155. The van der Waals surface area contributed by atoms with Crippen molar-refractivity contribution in [2.75, 3.05) is 6.61 Å². The first-order valence-electron chi connectivity index (χ1n) is 12.7. The van der Waals surface area contributed by atoms with Crippen molar-refractivity contribution in [2.24, 2.45) is 17.6 Å². The van der Waals surface area contributed by atoms with Gasteiger partial charge in [-0.15, -0.1) is 0 Å². The van der Waals surface area contributed by atoms with E-state index in [-0.39, 0.29) is 30.4 Å². The predicted molar refractivity (Wildman–Crippen MR) is 136 cm³/mol. The fourth-order valence-electron chi connectivity index (χ4n) is 2.79. The molecule has 0 fully saturated rings. The largest absolute Gasteiger partial charge is 0.508 e. The monoisotopic (exact) mass is 523 g/mol. The summed E-state index contributed by atoms with van der Waals surface area (Å²) in [5.41, 5.74) is 6.61. The number of rotatable bonds is 14. The van der Waals surface area contributed by atoms with E-state index in [1.54, 1.807) is 47.6 Å². The molecule has 2 N–H and O–H groups in total. The Kier molecular flexibility index (Phi) is 13.7. The number of hydrogen-bond acceptors (Lipinski definition) is 10. The summed E-state index contributed by atoms with van der Waals surface area (Å²) in [6.45, 7) is 12.2. The van der Waals surface area contributed by atoms with E-state index in [1.807, 2.05) is 6.92 Å². The first kappa shape index (κ1) is 31.9. The molecule has 0 spiro atoms. The van der Waals surface area contributed by atoms with E-state index in [9.17, 15) is 19.2 Å². The molecule has 0 aromatic heterocycles. The Balaban J connectivity index is 2.79. The van der Waals surface area contributed by atoms with Gasteiger partial charge in [0.2, 0.25) is 0 Å². The molecule has 10 nitrogen and oxygen atoms in total. The molecule has 1 aromatic carbocycles. The Morgan fingerprint density at radius 1 is 0.784 bits per heavy atom. The number of benzene rings is 1. The number of unbranched alkanes of at least 4 members (excludes halogenated alkanes) is 2. The zero-order valence-corrected chi connectivity index (χ0v) is 22.9. The number of carbonyl (C=O) groups excluding carboxylic acids is 4. The van der Waals surface area contributed by atoms with Crippen LogP contribution in [-0.4, -0.2) is 48.9 Å². The summed E-state index contributed by atoms with van der Waals surface area (Å²) in [6, 6.07) is 3.56. The molecule has 0 heterocycles. The fourth-order valence-corrected chi connectivity index (χ4v) is 2.79. The fraction of sp³-hybridized carbons (Fsp3) is 0.630. The molecule has 0 aliphatic carbocycles. The minimum absolute atomic E-state index is 0.0543. The van der Waals surface area contributed by atoms with Gasteiger partial charge in [0, 0.05) is 0 Å². The van der Waals surface area contributed by atoms with E-state index in [0.717, 1.165) is 19.3 Å². The highest BCUT2D eigenvalue weighted by Crippen LogP contribution is 2.30. The van der Waals surface area contributed by atoms with Gasteiger partial charge in [0.15, 0.2) is 11.5 Å². The SMILES string of the molecule is CCCCCOC(=O)O[C@@H](C)[C@H](C)OC(=O)[C@@H](N)Cc1ccc(OC(=O)C(C)C)c(OC(=O)C(C)C)c1. The maximum Gasteiger partial charge on any atom is 0.508 e. The van der Waals surface area contributed by atoms with Crippen LogP contribution in [0.15, 0.2) is 18.2 Å². The van der Waals surface area contributed by atoms with Crippen molar-refractivity contribution >= 4 is 24.1 Å². The highest BCUT2D eigenvalue weighted by molar-refractivity contribution is 5.78. The summed E-state index contributed by atoms with van der Waals surface area (Å²) in [4.78, 5) is 48.6. The molecule has 1 rings (SSSR count). The average molecular weight is 524 g/mol. The molecule has 1 aromatic rings. The second-order valence-electron chi connectivity index (χ2n) is 9.51. The summed E-state index contributed by atoms with van der Waals surface area (Å²) < 4.78 is 26.3. The third kappa shape index (κ3) is 11.6. The molecule has 0 saturated heterocycles. The van der Waals surface area contributed by atoms with Crippen LogP contribution in [0.1, 0.15) is 73.3 Å². The third-order valence-electron chi connectivity index (χ3n) is 5.34. The van der Waals surface area contributed by atoms with Crippen LogP contribution in [0.4, 0.5) is 4.79 Å². The summed E-state index contributed by atoms with van der Waals surface area (Å²) in [5, 5.41) is 0. The van der Waals surface area contributed by atoms with Gasteiger partial charge in [-0.05, 0) is 44.4 Å². The van der Waals surface area contributed by atoms with Gasteiger partial charge < -0.3 is 29.4 Å². The van der Waals surface area contributed by atoms with Gasteiger partial charge in [0.25, 0.3) is 0 Å². The van der Waals surface area contributed by atoms with Crippen LogP contribution in [0.2, 0.25) is 0 Å². The predicted octanol–water partition coefficient (Wildman–Crippen LogP) is 4.34. The maximum atomic E-state index is 12.6. The van der Waals surface area contributed by atoms with Crippen molar-refractivity contribution in [1.82, 2.24) is 0 Å². The van der Waals surface area contributed by atoms with Gasteiger partial charge in [0.1, 0.15) is 18.2 Å². The van der Waals surface area contributed by atoms with Gasteiger partial charge in [0.05, 0.1) is 18.4 Å². The van der Waals surface area contributed by atoms with E-state index in [2.05, 4.69) is 0 Å². The van der Waals surface area contributed by atoms with Crippen LogP contribution in [0.3, 0.4) is 0 Å². The molecule has 37 heavy (non-hydrogen) atoms. The molecular weight excluding hydrogens is 482 g/mol. The molecule has 0 amide bonds. The molecule has 0 bridgehead atoms. The maximum absolute atomic E-state index is 12.6. The molecule has 0 aliphatic heterocycles. The number of ether oxygens (including phenoxy) is 5. The van der Waals surface area contributed by atoms with Crippen molar-refractivity contribution in [2.45, 2.75) is 92.4 Å². The van der Waals surface area contributed by atoms with E-state index >= 15 is 0 Å². The second-order valence-corrected chi connectivity index (χ2v) is 9.51. The van der Waals surface area contributed by atoms with Crippen LogP contribution < -0.4 is 15.2 Å². The lowest BCUT2D eigenvalue weighted by atomic mass is 10.1. The Morgan fingerprint density at radius 2 is 1.35 bits per heavy atom. The number of carbonyl (C=O) groups is 4. The first-order valence-corrected chi connectivity index (χ1v) is 12.7. The summed E-state index contributed by atoms with van der Waals surface area (Å²) in [5.74, 6) is -2.33. The standard InChI is InChI=1S/C27H41NO9/c1-8-9-10-13-33-27(32)35-19(7)18(6)34-26(31)21(28)14-20-11-12-22(36-24(29)16(2)3)23(15-20)37-25(30)17(4)5/h11-12,15-19,21H,8-10,13-14,28H2,1-7H3/t18-,19-,21-/m0/s1. The summed E-state index contributed by atoms with van der Waals surface area (Å²) in [7, 11) is 0. The van der Waals surface area contributed by atoms with E-state index in [0.29, 0.717) is 5.56 Å². The zero-order chi connectivity index (χ0) is 28.1. The average Bonchev–Trinajstić information content (AvgIpc) is 2.82. The quantitative estimate of drug-likeness (QED) is 0.213. The summed E-state index contributed by atoms with van der Waals surface area (Å²) in [6.07, 6.45) is 0.431. The van der Waals surface area contributed by atoms with Gasteiger partial charge in [-0.1, -0.05) is 53.5 Å². The molecule has 0 unspecified atom stereocenters. The van der Waals surface area contributed by atoms with Crippen molar-refractivity contribution in [3.63, 3.8) is 0 Å². The molecule has 10 heteroatoms. The van der Waals surface area contributed by atoms with E-state index in [4.69, 9.17) is 29.4 Å². The van der Waals surface area contributed by atoms with Crippen molar-refractivity contribution in [3.8, 4) is 11.5 Å². The summed E-state index contributed by atoms with van der Waals surface area (Å²) >= 11 is 0. The molecular formula is C27H41NO9. The Labute approximate surface area is 219 Å². The highest BCUT2D eigenvalue weighted by atomic mass is 16.7. The van der Waals surface area contributed by atoms with Crippen LogP contribution in [-0.2, 0) is 35.0 Å². The van der Waals surface area contributed by atoms with Crippen LogP contribution in [0.5, 0.6) is 11.5 Å². The molecule has 0 saturated carbocycles. The number of esters is 3. The van der Waals surface area contributed by atoms with Crippen LogP contribution in [0, 0.1) is 11.8 Å². The molecule has 0 aliphatic rings. The Hall–Kier alpha value is -3.14. The molecule has 3 atom stereocenters. The number of hydrogen-bond donors (Lipinski definition) is 1. The minimum atomic E-state index is -1.05. The van der Waals surface area contributed by atoms with Crippen molar-refractivity contribution < 1.29 is 42.9 Å². The Morgan fingerprint density at radius 3 is 1.92 bits per heavy atom. The van der Waals surface area contributed by atoms with Gasteiger partial charge >= 0.3 is 24.1 Å². The van der Waals surface area contributed by atoms with E-state index < -0.39 is 48.2 Å². The smallest absolute Gasteiger partial charge is 0.458 e. The lowest BCUT2D eigenvalue weighted by Gasteiger charge is -2.22. The lowest BCUT2D eigenvalue weighted by Crippen LogP contribution is -2.39. The van der Waals surface area contributed by atoms with Crippen LogP contribution in [0.25, 0.3) is 0 Å². The first-order chi connectivity index (χ1) is 17.3. The minimum Gasteiger partial charge on any atom is -0.458 e. The van der Waals surface area contributed by atoms with Crippen molar-refractivity contribution in [3.05, 3.63) is 23.8 Å². The van der Waals surface area contributed by atoms with Crippen molar-refractivity contribution in [1.29, 1.82) is 0 Å². The second kappa shape index (κ2) is 15.9. The topological polar surface area (TPSA) is 140 Å². The van der Waals surface area contributed by atoms with Gasteiger partial charge in [-0.3, -0.25) is 14.4 Å². The molecule has 0 radical (unpaired) electrons.